The highest BCUT2D eigenvalue weighted by molar-refractivity contribution is 7.92. The van der Waals surface area contributed by atoms with Gasteiger partial charge in [0.1, 0.15) is 0 Å². The summed E-state index contributed by atoms with van der Waals surface area (Å²) in [5.74, 6) is -0.186. The van der Waals surface area contributed by atoms with Crippen molar-refractivity contribution in [2.45, 2.75) is 23.8 Å². The Balaban J connectivity index is 0.00000243. The van der Waals surface area contributed by atoms with E-state index in [0.29, 0.717) is 11.3 Å². The first-order valence-electron chi connectivity index (χ1n) is 8.24. The van der Waals surface area contributed by atoms with Crippen molar-refractivity contribution in [3.8, 4) is 0 Å². The summed E-state index contributed by atoms with van der Waals surface area (Å²) in [6.45, 7) is 1.74. The number of sulfonamides is 1. The van der Waals surface area contributed by atoms with Gasteiger partial charge in [0.2, 0.25) is 0 Å². The molecular formula is C18H22ClN3O3S. The highest BCUT2D eigenvalue weighted by atomic mass is 35.5. The van der Waals surface area contributed by atoms with E-state index in [1.54, 1.807) is 24.3 Å². The van der Waals surface area contributed by atoms with Gasteiger partial charge in [-0.3, -0.25) is 9.52 Å². The van der Waals surface area contributed by atoms with Crippen LogP contribution in [0.25, 0.3) is 0 Å². The lowest BCUT2D eigenvalue weighted by Crippen LogP contribution is -2.45. The van der Waals surface area contributed by atoms with E-state index >= 15 is 0 Å². The van der Waals surface area contributed by atoms with Crippen molar-refractivity contribution < 1.29 is 13.2 Å². The van der Waals surface area contributed by atoms with Gasteiger partial charge in [-0.2, -0.15) is 0 Å². The van der Waals surface area contributed by atoms with E-state index < -0.39 is 10.0 Å². The number of hydrogen-bond donors (Lipinski definition) is 3. The van der Waals surface area contributed by atoms with Crippen LogP contribution in [0.2, 0.25) is 0 Å². The molecule has 0 aliphatic carbocycles. The van der Waals surface area contributed by atoms with Gasteiger partial charge in [0.05, 0.1) is 4.90 Å². The van der Waals surface area contributed by atoms with E-state index in [9.17, 15) is 13.2 Å². The van der Waals surface area contributed by atoms with Gasteiger partial charge in [0.25, 0.3) is 15.9 Å². The molecule has 1 saturated heterocycles. The first kappa shape index (κ1) is 20.2. The number of piperidine rings is 1. The van der Waals surface area contributed by atoms with Crippen LogP contribution < -0.4 is 15.4 Å². The molecule has 1 aliphatic heterocycles. The SMILES string of the molecule is Cl.O=C(N[C@H]1CCCNC1)c1ccc(S(=O)(=O)Nc2ccccc2)cc1. The van der Waals surface area contributed by atoms with E-state index in [1.165, 1.54) is 24.3 Å². The average molecular weight is 396 g/mol. The Morgan fingerprint density at radius 3 is 2.35 bits per heavy atom. The summed E-state index contributed by atoms with van der Waals surface area (Å²) in [5, 5.41) is 6.21. The molecule has 6 nitrogen and oxygen atoms in total. The molecule has 26 heavy (non-hydrogen) atoms. The van der Waals surface area contributed by atoms with Crippen LogP contribution in [0, 0.1) is 0 Å². The molecule has 140 valence electrons. The molecule has 3 rings (SSSR count). The molecule has 1 atom stereocenters. The zero-order valence-corrected chi connectivity index (χ0v) is 15.8. The standard InChI is InChI=1S/C18H21N3O3S.ClH/c22-18(20-16-7-4-12-19-13-16)14-8-10-17(11-9-14)25(23,24)21-15-5-2-1-3-6-15;/h1-3,5-6,8-11,16,19,21H,4,7,12-13H2,(H,20,22);1H/t16-;/m0./s1. The minimum absolute atomic E-state index is 0. The molecular weight excluding hydrogens is 374 g/mol. The molecule has 0 spiro atoms. The minimum atomic E-state index is -3.67. The number of carbonyl (C=O) groups excluding carboxylic acids is 1. The Hall–Kier alpha value is -2.09. The lowest BCUT2D eigenvalue weighted by molar-refractivity contribution is 0.0930. The lowest BCUT2D eigenvalue weighted by Gasteiger charge is -2.23. The maximum atomic E-state index is 12.4. The molecule has 1 fully saturated rings. The number of rotatable bonds is 5. The largest absolute Gasteiger partial charge is 0.348 e. The van der Waals surface area contributed by atoms with E-state index in [-0.39, 0.29) is 29.3 Å². The van der Waals surface area contributed by atoms with Crippen LogP contribution >= 0.6 is 12.4 Å². The van der Waals surface area contributed by atoms with Gasteiger partial charge in [-0.1, -0.05) is 18.2 Å². The van der Waals surface area contributed by atoms with Crippen molar-refractivity contribution in [2.24, 2.45) is 0 Å². The summed E-state index contributed by atoms with van der Waals surface area (Å²) in [4.78, 5) is 12.4. The molecule has 1 aliphatic rings. The second-order valence-electron chi connectivity index (χ2n) is 6.01. The number of halogens is 1. The number of benzene rings is 2. The number of hydrogen-bond acceptors (Lipinski definition) is 4. The van der Waals surface area contributed by atoms with Crippen LogP contribution in [-0.4, -0.2) is 33.5 Å². The molecule has 0 saturated carbocycles. The van der Waals surface area contributed by atoms with Crippen LogP contribution in [0.4, 0.5) is 5.69 Å². The Morgan fingerprint density at radius 2 is 1.73 bits per heavy atom. The monoisotopic (exact) mass is 395 g/mol. The summed E-state index contributed by atoms with van der Waals surface area (Å²) < 4.78 is 27.3. The van der Waals surface area contributed by atoms with Crippen LogP contribution in [0.1, 0.15) is 23.2 Å². The molecule has 1 amide bonds. The number of nitrogens with one attached hydrogen (secondary N) is 3. The van der Waals surface area contributed by atoms with Crippen molar-refractivity contribution in [3.63, 3.8) is 0 Å². The zero-order chi connectivity index (χ0) is 17.7. The molecule has 8 heteroatoms. The highest BCUT2D eigenvalue weighted by Crippen LogP contribution is 2.16. The van der Waals surface area contributed by atoms with Gasteiger partial charge >= 0.3 is 0 Å². The molecule has 0 unspecified atom stereocenters. The van der Waals surface area contributed by atoms with Gasteiger partial charge in [-0.25, -0.2) is 8.42 Å². The second-order valence-corrected chi connectivity index (χ2v) is 7.70. The normalized spacial score (nSPS) is 17.0. The molecule has 3 N–H and O–H groups in total. The topological polar surface area (TPSA) is 87.3 Å². The third kappa shape index (κ3) is 5.20. The highest BCUT2D eigenvalue weighted by Gasteiger charge is 2.18. The molecule has 1 heterocycles. The van der Waals surface area contributed by atoms with Gasteiger partial charge < -0.3 is 10.6 Å². The summed E-state index contributed by atoms with van der Waals surface area (Å²) in [5.41, 5.74) is 0.943. The van der Waals surface area contributed by atoms with E-state index in [1.807, 2.05) is 6.07 Å². The fourth-order valence-electron chi connectivity index (χ4n) is 2.75. The number of para-hydroxylation sites is 1. The maximum absolute atomic E-state index is 12.4. The fraction of sp³-hybridized carbons (Fsp3) is 0.278. The summed E-state index contributed by atoms with van der Waals surface area (Å²) >= 11 is 0. The van der Waals surface area contributed by atoms with Crippen molar-refractivity contribution in [1.82, 2.24) is 10.6 Å². The van der Waals surface area contributed by atoms with E-state index in [2.05, 4.69) is 15.4 Å². The Kier molecular flexibility index (Phi) is 7.02. The van der Waals surface area contributed by atoms with Crippen LogP contribution in [0.15, 0.2) is 59.5 Å². The summed E-state index contributed by atoms with van der Waals surface area (Å²) in [7, 11) is -3.67. The molecule has 2 aromatic carbocycles. The van der Waals surface area contributed by atoms with Crippen LogP contribution in [0.5, 0.6) is 0 Å². The Labute approximate surface area is 159 Å². The van der Waals surface area contributed by atoms with Crippen molar-refractivity contribution in [1.29, 1.82) is 0 Å². The Morgan fingerprint density at radius 1 is 1.04 bits per heavy atom. The third-order valence-electron chi connectivity index (χ3n) is 4.08. The lowest BCUT2D eigenvalue weighted by atomic mass is 10.1. The number of anilines is 1. The van der Waals surface area contributed by atoms with Crippen LogP contribution in [-0.2, 0) is 10.0 Å². The smallest absolute Gasteiger partial charge is 0.261 e. The van der Waals surface area contributed by atoms with Gasteiger partial charge in [-0.15, -0.1) is 12.4 Å². The average Bonchev–Trinajstić information content (AvgIpc) is 2.63. The number of carbonyl (C=O) groups is 1. The Bertz CT molecular complexity index is 821. The first-order valence-corrected chi connectivity index (χ1v) is 9.72. The molecule has 2 aromatic rings. The minimum Gasteiger partial charge on any atom is -0.348 e. The summed E-state index contributed by atoms with van der Waals surface area (Å²) in [6, 6.07) is 14.7. The number of amides is 1. The van der Waals surface area contributed by atoms with Gasteiger partial charge in [-0.05, 0) is 55.8 Å². The molecule has 0 aromatic heterocycles. The third-order valence-corrected chi connectivity index (χ3v) is 5.48. The molecule has 0 bridgehead atoms. The van der Waals surface area contributed by atoms with Crippen molar-refractivity contribution >= 4 is 34.0 Å². The quantitative estimate of drug-likeness (QED) is 0.725. The van der Waals surface area contributed by atoms with Crippen molar-refractivity contribution in [2.75, 3.05) is 17.8 Å². The predicted molar refractivity (Wildman–Crippen MR) is 104 cm³/mol. The van der Waals surface area contributed by atoms with E-state index in [4.69, 9.17) is 0 Å². The van der Waals surface area contributed by atoms with Gasteiger partial charge in [0.15, 0.2) is 0 Å². The summed E-state index contributed by atoms with van der Waals surface area (Å²) in [6.07, 6.45) is 1.99. The van der Waals surface area contributed by atoms with Crippen LogP contribution in [0.3, 0.4) is 0 Å². The maximum Gasteiger partial charge on any atom is 0.261 e. The van der Waals surface area contributed by atoms with Gasteiger partial charge in [0, 0.05) is 23.8 Å². The predicted octanol–water partition coefficient (Wildman–Crippen LogP) is 2.39. The fourth-order valence-corrected chi connectivity index (χ4v) is 3.81. The second kappa shape index (κ2) is 9.02. The first-order chi connectivity index (χ1) is 12.0. The van der Waals surface area contributed by atoms with E-state index in [0.717, 1.165) is 25.9 Å². The van der Waals surface area contributed by atoms with Crippen molar-refractivity contribution in [3.05, 3.63) is 60.2 Å². The molecule has 0 radical (unpaired) electrons. The zero-order valence-electron chi connectivity index (χ0n) is 14.1.